The highest BCUT2D eigenvalue weighted by Crippen LogP contribution is 2.22. The number of carbonyl (C=O) groups is 1. The summed E-state index contributed by atoms with van der Waals surface area (Å²) in [6.45, 7) is 4.40. The molecule has 1 N–H and O–H groups in total. The molecule has 25 heavy (non-hydrogen) atoms. The second-order valence-corrected chi connectivity index (χ2v) is 6.26. The van der Waals surface area contributed by atoms with E-state index in [-0.39, 0.29) is 5.91 Å². The number of nitrogens with one attached hydrogen (secondary N) is 1. The minimum absolute atomic E-state index is 0.241. The van der Waals surface area contributed by atoms with Crippen LogP contribution in [-0.2, 0) is 13.0 Å². The van der Waals surface area contributed by atoms with E-state index in [2.05, 4.69) is 17.3 Å². The average Bonchev–Trinajstić information content (AvgIpc) is 2.89. The summed E-state index contributed by atoms with van der Waals surface area (Å²) >= 11 is 6.44. The minimum atomic E-state index is -0.241. The summed E-state index contributed by atoms with van der Waals surface area (Å²) in [6, 6.07) is 17.7. The highest BCUT2D eigenvalue weighted by atomic mass is 35.5. The quantitative estimate of drug-likeness (QED) is 0.722. The van der Waals surface area contributed by atoms with Crippen LogP contribution in [0.5, 0.6) is 0 Å². The monoisotopic (exact) mass is 353 g/mol. The number of aromatic nitrogens is 2. The Bertz CT molecular complexity index is 887. The molecule has 3 aromatic rings. The predicted molar refractivity (Wildman–Crippen MR) is 101 cm³/mol. The first-order chi connectivity index (χ1) is 12.1. The van der Waals surface area contributed by atoms with E-state index in [4.69, 9.17) is 11.6 Å². The highest BCUT2D eigenvalue weighted by molar-refractivity contribution is 6.33. The Morgan fingerprint density at radius 1 is 1.12 bits per heavy atom. The largest absolute Gasteiger partial charge is 0.322 e. The molecular weight excluding hydrogens is 334 g/mol. The van der Waals surface area contributed by atoms with Crippen LogP contribution >= 0.6 is 11.6 Å². The second kappa shape index (κ2) is 7.53. The summed E-state index contributed by atoms with van der Waals surface area (Å²) in [5, 5.41) is 7.69. The van der Waals surface area contributed by atoms with Crippen LogP contribution in [0.25, 0.3) is 0 Å². The van der Waals surface area contributed by atoms with Crippen LogP contribution in [0.2, 0.25) is 5.15 Å². The molecule has 0 atom stereocenters. The molecule has 4 nitrogen and oxygen atoms in total. The number of carbonyl (C=O) groups excluding carboxylic acids is 1. The van der Waals surface area contributed by atoms with Gasteiger partial charge in [0.1, 0.15) is 5.15 Å². The highest BCUT2D eigenvalue weighted by Gasteiger charge is 2.20. The van der Waals surface area contributed by atoms with E-state index < -0.39 is 0 Å². The van der Waals surface area contributed by atoms with E-state index in [1.807, 2.05) is 54.6 Å². The van der Waals surface area contributed by atoms with Gasteiger partial charge in [0.15, 0.2) is 0 Å². The molecule has 1 heterocycles. The Morgan fingerprint density at radius 2 is 1.84 bits per heavy atom. The molecule has 0 fully saturated rings. The molecule has 128 valence electrons. The van der Waals surface area contributed by atoms with E-state index in [9.17, 15) is 4.79 Å². The Kier molecular flexibility index (Phi) is 5.19. The van der Waals surface area contributed by atoms with E-state index in [1.54, 1.807) is 11.6 Å². The molecule has 0 bridgehead atoms. The van der Waals surface area contributed by atoms with Crippen molar-refractivity contribution in [1.82, 2.24) is 9.78 Å². The van der Waals surface area contributed by atoms with Crippen molar-refractivity contribution in [3.63, 3.8) is 0 Å². The normalized spacial score (nSPS) is 10.7. The van der Waals surface area contributed by atoms with Gasteiger partial charge in [0.2, 0.25) is 0 Å². The topological polar surface area (TPSA) is 46.9 Å². The molecule has 3 rings (SSSR count). The van der Waals surface area contributed by atoms with Gasteiger partial charge in [0.05, 0.1) is 17.8 Å². The maximum absolute atomic E-state index is 12.7. The number of rotatable bonds is 5. The molecule has 0 saturated carbocycles. The Balaban J connectivity index is 1.83. The SMILES string of the molecule is CCc1cccc(NC(=O)c2c(C)nn(Cc3ccccc3)c2Cl)c1. The van der Waals surface area contributed by atoms with Crippen LogP contribution in [-0.4, -0.2) is 15.7 Å². The Labute approximate surface area is 152 Å². The van der Waals surface area contributed by atoms with Gasteiger partial charge in [-0.1, -0.05) is 61.0 Å². The van der Waals surface area contributed by atoms with Gasteiger partial charge in [-0.05, 0) is 36.6 Å². The zero-order valence-corrected chi connectivity index (χ0v) is 15.0. The third-order valence-corrected chi connectivity index (χ3v) is 4.44. The summed E-state index contributed by atoms with van der Waals surface area (Å²) in [5.41, 5.74) is 4.04. The predicted octanol–water partition coefficient (Wildman–Crippen LogP) is 4.71. The number of amides is 1. The van der Waals surface area contributed by atoms with Gasteiger partial charge in [0, 0.05) is 5.69 Å². The summed E-state index contributed by atoms with van der Waals surface area (Å²) in [5.74, 6) is -0.241. The number of benzene rings is 2. The lowest BCUT2D eigenvalue weighted by Crippen LogP contribution is -2.13. The smallest absolute Gasteiger partial charge is 0.260 e. The third-order valence-electron chi connectivity index (χ3n) is 4.06. The van der Waals surface area contributed by atoms with Crippen molar-refractivity contribution in [3.8, 4) is 0 Å². The molecule has 0 aliphatic carbocycles. The van der Waals surface area contributed by atoms with Gasteiger partial charge in [-0.2, -0.15) is 5.10 Å². The van der Waals surface area contributed by atoms with Crippen molar-refractivity contribution in [2.75, 3.05) is 5.32 Å². The molecular formula is C20H20ClN3O. The summed E-state index contributed by atoms with van der Waals surface area (Å²) in [4.78, 5) is 12.7. The van der Waals surface area contributed by atoms with Crippen molar-refractivity contribution < 1.29 is 4.79 Å². The summed E-state index contributed by atoms with van der Waals surface area (Å²) in [7, 11) is 0. The molecule has 5 heteroatoms. The summed E-state index contributed by atoms with van der Waals surface area (Å²) < 4.78 is 1.66. The fourth-order valence-electron chi connectivity index (χ4n) is 2.74. The molecule has 0 spiro atoms. The van der Waals surface area contributed by atoms with Gasteiger partial charge in [-0.3, -0.25) is 4.79 Å². The molecule has 0 unspecified atom stereocenters. The third kappa shape index (κ3) is 3.91. The standard InChI is InChI=1S/C20H20ClN3O/c1-3-15-10-7-11-17(12-15)22-20(25)18-14(2)23-24(19(18)21)13-16-8-5-4-6-9-16/h4-12H,3,13H2,1-2H3,(H,22,25). The number of nitrogens with zero attached hydrogens (tertiary/aromatic N) is 2. The molecule has 0 radical (unpaired) electrons. The number of halogens is 1. The first kappa shape index (κ1) is 17.2. The van der Waals surface area contributed by atoms with Gasteiger partial charge in [-0.25, -0.2) is 4.68 Å². The minimum Gasteiger partial charge on any atom is -0.322 e. The van der Waals surface area contributed by atoms with E-state index in [0.29, 0.717) is 23.0 Å². The maximum Gasteiger partial charge on any atom is 0.260 e. The van der Waals surface area contributed by atoms with Crippen molar-refractivity contribution in [2.45, 2.75) is 26.8 Å². The number of hydrogen-bond acceptors (Lipinski definition) is 2. The maximum atomic E-state index is 12.7. The molecule has 1 aromatic heterocycles. The number of aryl methyl sites for hydroxylation is 2. The van der Waals surface area contributed by atoms with Crippen molar-refractivity contribution in [2.24, 2.45) is 0 Å². The van der Waals surface area contributed by atoms with Crippen LogP contribution in [0, 0.1) is 6.92 Å². The molecule has 0 aliphatic heterocycles. The summed E-state index contributed by atoms with van der Waals surface area (Å²) in [6.07, 6.45) is 0.915. The van der Waals surface area contributed by atoms with Crippen LogP contribution < -0.4 is 5.32 Å². The molecule has 0 aliphatic rings. The lowest BCUT2D eigenvalue weighted by atomic mass is 10.1. The average molecular weight is 354 g/mol. The van der Waals surface area contributed by atoms with Crippen molar-refractivity contribution in [3.05, 3.63) is 82.1 Å². The first-order valence-corrected chi connectivity index (χ1v) is 8.63. The Morgan fingerprint density at radius 3 is 2.56 bits per heavy atom. The first-order valence-electron chi connectivity index (χ1n) is 8.25. The van der Waals surface area contributed by atoms with Crippen molar-refractivity contribution >= 4 is 23.2 Å². The van der Waals surface area contributed by atoms with Crippen LogP contribution in [0.3, 0.4) is 0 Å². The van der Waals surface area contributed by atoms with Gasteiger partial charge >= 0.3 is 0 Å². The van der Waals surface area contributed by atoms with E-state index in [0.717, 1.165) is 17.7 Å². The zero-order chi connectivity index (χ0) is 17.8. The second-order valence-electron chi connectivity index (χ2n) is 5.90. The lowest BCUT2D eigenvalue weighted by molar-refractivity contribution is 0.102. The fourth-order valence-corrected chi connectivity index (χ4v) is 3.06. The van der Waals surface area contributed by atoms with E-state index in [1.165, 1.54) is 5.56 Å². The van der Waals surface area contributed by atoms with Gasteiger partial charge in [-0.15, -0.1) is 0 Å². The fraction of sp³-hybridized carbons (Fsp3) is 0.200. The van der Waals surface area contributed by atoms with Crippen LogP contribution in [0.4, 0.5) is 5.69 Å². The van der Waals surface area contributed by atoms with Crippen LogP contribution in [0.1, 0.15) is 34.1 Å². The van der Waals surface area contributed by atoms with Gasteiger partial charge < -0.3 is 5.32 Å². The molecule has 2 aromatic carbocycles. The zero-order valence-electron chi connectivity index (χ0n) is 14.3. The Hall–Kier alpha value is -2.59. The van der Waals surface area contributed by atoms with Gasteiger partial charge in [0.25, 0.3) is 5.91 Å². The van der Waals surface area contributed by atoms with E-state index >= 15 is 0 Å². The number of anilines is 1. The molecule has 0 saturated heterocycles. The number of hydrogen-bond donors (Lipinski definition) is 1. The lowest BCUT2D eigenvalue weighted by Gasteiger charge is -2.07. The van der Waals surface area contributed by atoms with Crippen LogP contribution in [0.15, 0.2) is 54.6 Å². The van der Waals surface area contributed by atoms with Crippen molar-refractivity contribution in [1.29, 1.82) is 0 Å². The molecule has 1 amide bonds.